The Balaban J connectivity index is 2.35. The van der Waals surface area contributed by atoms with E-state index in [1.165, 1.54) is 7.11 Å². The van der Waals surface area contributed by atoms with Gasteiger partial charge in [0.1, 0.15) is 0 Å². The molecule has 0 saturated carbocycles. The average Bonchev–Trinajstić information content (AvgIpc) is 2.50. The molecule has 64 valence electrons. The number of likely N-dealkylation sites (tertiary alicyclic amines) is 1. The van der Waals surface area contributed by atoms with E-state index < -0.39 is 0 Å². The van der Waals surface area contributed by atoms with Crippen LogP contribution >= 0.6 is 0 Å². The van der Waals surface area contributed by atoms with Crippen molar-refractivity contribution in [1.29, 1.82) is 0 Å². The summed E-state index contributed by atoms with van der Waals surface area (Å²) in [6.07, 6.45) is 0.590. The smallest absolute Gasteiger partial charge is 0.409 e. The van der Waals surface area contributed by atoms with Crippen molar-refractivity contribution in [3.05, 3.63) is 0 Å². The molecule has 0 radical (unpaired) electrons. The Bertz CT molecular complexity index is 149. The van der Waals surface area contributed by atoms with Crippen LogP contribution in [-0.2, 0) is 4.74 Å². The first kappa shape index (κ1) is 8.33. The largest absolute Gasteiger partial charge is 0.453 e. The molecule has 0 spiro atoms. The van der Waals surface area contributed by atoms with Crippen molar-refractivity contribution in [3.63, 3.8) is 0 Å². The van der Waals surface area contributed by atoms with E-state index in [4.69, 9.17) is 5.11 Å². The lowest BCUT2D eigenvalue weighted by molar-refractivity contribution is 0.129. The normalized spacial score (nSPS) is 23.8. The van der Waals surface area contributed by atoms with E-state index in [1.807, 2.05) is 0 Å². The SMILES string of the molecule is COC(=O)N1CC[C@H](CO)C1. The van der Waals surface area contributed by atoms with Gasteiger partial charge in [-0.15, -0.1) is 0 Å². The molecule has 1 rings (SSSR count). The molecule has 11 heavy (non-hydrogen) atoms. The maximum Gasteiger partial charge on any atom is 0.409 e. The van der Waals surface area contributed by atoms with Gasteiger partial charge in [-0.3, -0.25) is 0 Å². The Hall–Kier alpha value is -0.770. The van der Waals surface area contributed by atoms with Gasteiger partial charge in [0.05, 0.1) is 7.11 Å². The Morgan fingerprint density at radius 3 is 3.00 bits per heavy atom. The summed E-state index contributed by atoms with van der Waals surface area (Å²) in [5.74, 6) is 0.245. The van der Waals surface area contributed by atoms with Crippen LogP contribution in [0.15, 0.2) is 0 Å². The van der Waals surface area contributed by atoms with E-state index in [0.717, 1.165) is 6.42 Å². The Morgan fingerprint density at radius 1 is 1.82 bits per heavy atom. The first-order valence-corrected chi connectivity index (χ1v) is 3.71. The second-order valence-corrected chi connectivity index (χ2v) is 2.75. The van der Waals surface area contributed by atoms with Gasteiger partial charge in [0.15, 0.2) is 0 Å². The monoisotopic (exact) mass is 159 g/mol. The van der Waals surface area contributed by atoms with E-state index >= 15 is 0 Å². The standard InChI is InChI=1S/C7H13NO3/c1-11-7(10)8-3-2-6(4-8)5-9/h6,9H,2-5H2,1H3/t6-/m0/s1. The molecule has 0 unspecified atom stereocenters. The molecule has 1 aliphatic heterocycles. The fourth-order valence-electron chi connectivity index (χ4n) is 1.28. The number of carbonyl (C=O) groups is 1. The second kappa shape index (κ2) is 3.57. The van der Waals surface area contributed by atoms with Crippen LogP contribution in [0, 0.1) is 5.92 Å². The molecule has 1 atom stereocenters. The third-order valence-electron chi connectivity index (χ3n) is 1.98. The molecule has 1 aliphatic rings. The minimum absolute atomic E-state index is 0.160. The van der Waals surface area contributed by atoms with Crippen LogP contribution < -0.4 is 0 Å². The molecule has 1 amide bonds. The lowest BCUT2D eigenvalue weighted by Gasteiger charge is -2.13. The molecule has 4 heteroatoms. The lowest BCUT2D eigenvalue weighted by atomic mass is 10.1. The van der Waals surface area contributed by atoms with Crippen LogP contribution in [0.25, 0.3) is 0 Å². The van der Waals surface area contributed by atoms with Gasteiger partial charge in [-0.1, -0.05) is 0 Å². The first-order chi connectivity index (χ1) is 5.27. The van der Waals surface area contributed by atoms with Crippen LogP contribution in [0.1, 0.15) is 6.42 Å². The van der Waals surface area contributed by atoms with Crippen molar-refractivity contribution in [2.24, 2.45) is 5.92 Å². The van der Waals surface area contributed by atoms with Crippen molar-refractivity contribution in [1.82, 2.24) is 4.90 Å². The molecule has 0 aromatic carbocycles. The summed E-state index contributed by atoms with van der Waals surface area (Å²) < 4.78 is 4.53. The highest BCUT2D eigenvalue weighted by Crippen LogP contribution is 2.15. The predicted molar refractivity (Wildman–Crippen MR) is 39.2 cm³/mol. The van der Waals surface area contributed by atoms with Crippen molar-refractivity contribution < 1.29 is 14.6 Å². The number of aliphatic hydroxyl groups excluding tert-OH is 1. The highest BCUT2D eigenvalue weighted by molar-refractivity contribution is 5.67. The fraction of sp³-hybridized carbons (Fsp3) is 0.857. The minimum Gasteiger partial charge on any atom is -0.453 e. The van der Waals surface area contributed by atoms with Crippen molar-refractivity contribution in [3.8, 4) is 0 Å². The zero-order chi connectivity index (χ0) is 8.27. The van der Waals surface area contributed by atoms with Crippen LogP contribution in [0.3, 0.4) is 0 Å². The molecule has 1 fully saturated rings. The van der Waals surface area contributed by atoms with Gasteiger partial charge >= 0.3 is 6.09 Å². The van der Waals surface area contributed by atoms with Gasteiger partial charge in [-0.2, -0.15) is 0 Å². The van der Waals surface area contributed by atoms with Gasteiger partial charge in [0, 0.05) is 25.6 Å². The minimum atomic E-state index is -0.291. The van der Waals surface area contributed by atoms with Crippen molar-refractivity contribution >= 4 is 6.09 Å². The van der Waals surface area contributed by atoms with Gasteiger partial charge in [0.25, 0.3) is 0 Å². The van der Waals surface area contributed by atoms with E-state index in [-0.39, 0.29) is 18.6 Å². The number of methoxy groups -OCH3 is 1. The van der Waals surface area contributed by atoms with Gasteiger partial charge in [0.2, 0.25) is 0 Å². The van der Waals surface area contributed by atoms with Gasteiger partial charge < -0.3 is 14.7 Å². The number of ether oxygens (including phenoxy) is 1. The molecule has 0 aliphatic carbocycles. The summed E-state index contributed by atoms with van der Waals surface area (Å²) in [6.45, 7) is 1.49. The molecule has 1 saturated heterocycles. The van der Waals surface area contributed by atoms with Crippen LogP contribution in [0.2, 0.25) is 0 Å². The summed E-state index contributed by atoms with van der Waals surface area (Å²) >= 11 is 0. The lowest BCUT2D eigenvalue weighted by Crippen LogP contribution is -2.28. The number of aliphatic hydroxyl groups is 1. The molecule has 0 aromatic heterocycles. The Kier molecular flexibility index (Phi) is 2.70. The topological polar surface area (TPSA) is 49.8 Å². The summed E-state index contributed by atoms with van der Waals surface area (Å²) in [4.78, 5) is 12.5. The molecule has 4 nitrogen and oxygen atoms in total. The fourth-order valence-corrected chi connectivity index (χ4v) is 1.28. The highest BCUT2D eigenvalue weighted by atomic mass is 16.5. The van der Waals surface area contributed by atoms with Crippen LogP contribution in [-0.4, -0.2) is 42.9 Å². The van der Waals surface area contributed by atoms with E-state index in [0.29, 0.717) is 13.1 Å². The second-order valence-electron chi connectivity index (χ2n) is 2.75. The third kappa shape index (κ3) is 1.83. The van der Waals surface area contributed by atoms with E-state index in [1.54, 1.807) is 4.90 Å². The maximum atomic E-state index is 10.9. The zero-order valence-corrected chi connectivity index (χ0v) is 6.62. The van der Waals surface area contributed by atoms with Crippen LogP contribution in [0.5, 0.6) is 0 Å². The van der Waals surface area contributed by atoms with Crippen molar-refractivity contribution in [2.45, 2.75) is 6.42 Å². The highest BCUT2D eigenvalue weighted by Gasteiger charge is 2.25. The Morgan fingerprint density at radius 2 is 2.55 bits per heavy atom. The van der Waals surface area contributed by atoms with Gasteiger partial charge in [-0.25, -0.2) is 4.79 Å². The number of nitrogens with zero attached hydrogens (tertiary/aromatic N) is 1. The number of amides is 1. The molecule has 0 bridgehead atoms. The number of hydrogen-bond donors (Lipinski definition) is 1. The molecular weight excluding hydrogens is 146 g/mol. The zero-order valence-electron chi connectivity index (χ0n) is 6.62. The maximum absolute atomic E-state index is 10.9. The quantitative estimate of drug-likeness (QED) is 0.589. The van der Waals surface area contributed by atoms with Crippen molar-refractivity contribution in [2.75, 3.05) is 26.8 Å². The average molecular weight is 159 g/mol. The summed E-state index contributed by atoms with van der Waals surface area (Å²) in [6, 6.07) is 0. The number of carbonyl (C=O) groups excluding carboxylic acids is 1. The molecule has 0 aromatic rings. The van der Waals surface area contributed by atoms with Crippen LogP contribution in [0.4, 0.5) is 4.79 Å². The Labute approximate surface area is 65.8 Å². The summed E-state index contributed by atoms with van der Waals surface area (Å²) in [7, 11) is 1.37. The predicted octanol–water partition coefficient (Wildman–Crippen LogP) is 0.0670. The summed E-state index contributed by atoms with van der Waals surface area (Å²) in [5.41, 5.74) is 0. The summed E-state index contributed by atoms with van der Waals surface area (Å²) in [5, 5.41) is 8.76. The first-order valence-electron chi connectivity index (χ1n) is 3.71. The molecular formula is C7H13NO3. The van der Waals surface area contributed by atoms with E-state index in [2.05, 4.69) is 4.74 Å². The van der Waals surface area contributed by atoms with E-state index in [9.17, 15) is 4.79 Å². The number of hydrogen-bond acceptors (Lipinski definition) is 3. The number of rotatable bonds is 1. The molecule has 1 heterocycles. The third-order valence-corrected chi connectivity index (χ3v) is 1.98. The van der Waals surface area contributed by atoms with Gasteiger partial charge in [-0.05, 0) is 6.42 Å². The molecule has 1 N–H and O–H groups in total.